The van der Waals surface area contributed by atoms with Crippen molar-refractivity contribution in [1.82, 2.24) is 0 Å². The fourth-order valence-corrected chi connectivity index (χ4v) is 3.13. The van der Waals surface area contributed by atoms with Gasteiger partial charge in [-0.05, 0) is 79.6 Å². The Labute approximate surface area is 207 Å². The summed E-state index contributed by atoms with van der Waals surface area (Å²) in [6.07, 6.45) is 14.4. The smallest absolute Gasteiger partial charge is 0.306 e. The van der Waals surface area contributed by atoms with Crippen molar-refractivity contribution in [1.29, 1.82) is 0 Å². The van der Waals surface area contributed by atoms with Gasteiger partial charge in [0.25, 0.3) is 0 Å². The van der Waals surface area contributed by atoms with Gasteiger partial charge in [0.05, 0.1) is 19.8 Å². The van der Waals surface area contributed by atoms with E-state index in [-0.39, 0.29) is 32.2 Å². The van der Waals surface area contributed by atoms with Gasteiger partial charge in [0.1, 0.15) is 18.8 Å². The molecule has 0 aromatic heterocycles. The quantitative estimate of drug-likeness (QED) is 0.174. The molecule has 34 heavy (non-hydrogen) atoms. The number of carbonyl (C=O) groups is 1. The van der Waals surface area contributed by atoms with Crippen LogP contribution >= 0.6 is 0 Å². The van der Waals surface area contributed by atoms with Gasteiger partial charge in [0.2, 0.25) is 0 Å². The third-order valence-electron chi connectivity index (χ3n) is 5.26. The molecule has 0 rings (SSSR count). The number of aliphatic hydroxyl groups is 3. The van der Waals surface area contributed by atoms with Crippen LogP contribution in [0.15, 0.2) is 46.6 Å². The molecule has 2 unspecified atom stereocenters. The molecule has 0 bridgehead atoms. The van der Waals surface area contributed by atoms with Gasteiger partial charge in [-0.3, -0.25) is 4.79 Å². The minimum Gasteiger partial charge on any atom is -0.463 e. The monoisotopic (exact) mass is 480 g/mol. The van der Waals surface area contributed by atoms with Crippen LogP contribution in [-0.4, -0.2) is 59.9 Å². The summed E-state index contributed by atoms with van der Waals surface area (Å²) in [7, 11) is 0. The predicted octanol–water partition coefficient (Wildman–Crippen LogP) is 5.19. The molecule has 0 saturated heterocycles. The zero-order valence-corrected chi connectivity index (χ0v) is 22.0. The summed E-state index contributed by atoms with van der Waals surface area (Å²) in [5.41, 5.74) is 5.51. The largest absolute Gasteiger partial charge is 0.463 e. The van der Waals surface area contributed by atoms with Crippen molar-refractivity contribution in [3.8, 4) is 0 Å². The van der Waals surface area contributed by atoms with Gasteiger partial charge in [0.15, 0.2) is 0 Å². The summed E-state index contributed by atoms with van der Waals surface area (Å²) < 4.78 is 10.1. The molecular formula is C28H48O6. The van der Waals surface area contributed by atoms with Gasteiger partial charge in [-0.1, -0.05) is 46.6 Å². The van der Waals surface area contributed by atoms with Crippen LogP contribution in [0.2, 0.25) is 0 Å². The van der Waals surface area contributed by atoms with Crippen molar-refractivity contribution in [3.05, 3.63) is 46.6 Å². The molecule has 196 valence electrons. The number of ether oxygens (including phenoxy) is 2. The Morgan fingerprint density at radius 3 is 1.59 bits per heavy atom. The fourth-order valence-electron chi connectivity index (χ4n) is 3.13. The molecule has 0 fully saturated rings. The summed E-state index contributed by atoms with van der Waals surface area (Å²) in [4.78, 5) is 11.8. The Morgan fingerprint density at radius 1 is 0.676 bits per heavy atom. The van der Waals surface area contributed by atoms with E-state index in [1.807, 2.05) is 0 Å². The van der Waals surface area contributed by atoms with Crippen LogP contribution in [0.5, 0.6) is 0 Å². The van der Waals surface area contributed by atoms with Crippen molar-refractivity contribution >= 4 is 5.97 Å². The maximum atomic E-state index is 11.8. The van der Waals surface area contributed by atoms with E-state index in [2.05, 4.69) is 58.9 Å². The molecule has 3 N–H and O–H groups in total. The Morgan fingerprint density at radius 2 is 1.12 bits per heavy atom. The zero-order chi connectivity index (χ0) is 25.8. The highest BCUT2D eigenvalue weighted by Gasteiger charge is 2.10. The fraction of sp³-hybridized carbons (Fsp3) is 0.679. The predicted molar refractivity (Wildman–Crippen MR) is 139 cm³/mol. The molecule has 0 spiro atoms. The summed E-state index contributed by atoms with van der Waals surface area (Å²) >= 11 is 0. The van der Waals surface area contributed by atoms with Crippen LogP contribution in [0.3, 0.4) is 0 Å². The van der Waals surface area contributed by atoms with E-state index in [9.17, 15) is 9.90 Å². The molecule has 0 aromatic rings. The number of hydrogen-bond acceptors (Lipinski definition) is 6. The maximum Gasteiger partial charge on any atom is 0.306 e. The lowest BCUT2D eigenvalue weighted by Gasteiger charge is -2.13. The minimum absolute atomic E-state index is 0.0670. The lowest BCUT2D eigenvalue weighted by molar-refractivity contribution is -0.148. The average Bonchev–Trinajstić information content (AvgIpc) is 2.77. The van der Waals surface area contributed by atoms with Crippen molar-refractivity contribution < 1.29 is 29.6 Å². The third-order valence-corrected chi connectivity index (χ3v) is 5.26. The second-order valence-corrected chi connectivity index (χ2v) is 9.30. The number of carbonyl (C=O) groups excluding carboxylic acids is 1. The van der Waals surface area contributed by atoms with Gasteiger partial charge in [-0.25, -0.2) is 0 Å². The molecule has 0 aliphatic rings. The first-order valence-corrected chi connectivity index (χ1v) is 12.4. The molecule has 0 radical (unpaired) electrons. The Hall–Kier alpha value is -1.73. The Kier molecular flexibility index (Phi) is 19.6. The highest BCUT2D eigenvalue weighted by molar-refractivity contribution is 5.69. The van der Waals surface area contributed by atoms with Crippen molar-refractivity contribution in [3.63, 3.8) is 0 Å². The highest BCUT2D eigenvalue weighted by atomic mass is 16.5. The van der Waals surface area contributed by atoms with E-state index in [4.69, 9.17) is 19.7 Å². The van der Waals surface area contributed by atoms with Crippen LogP contribution in [0.1, 0.15) is 86.0 Å². The topological polar surface area (TPSA) is 96.2 Å². The molecule has 0 amide bonds. The van der Waals surface area contributed by atoms with E-state index >= 15 is 0 Å². The summed E-state index contributed by atoms with van der Waals surface area (Å²) in [5, 5.41) is 27.5. The highest BCUT2D eigenvalue weighted by Crippen LogP contribution is 2.14. The molecule has 0 aliphatic carbocycles. The molecule has 6 nitrogen and oxygen atoms in total. The number of rotatable bonds is 19. The second kappa shape index (κ2) is 20.6. The average molecular weight is 481 g/mol. The first-order chi connectivity index (χ1) is 16.1. The number of allylic oxidation sites excluding steroid dienone is 8. The lowest BCUT2D eigenvalue weighted by Crippen LogP contribution is -2.27. The number of hydrogen-bond donors (Lipinski definition) is 3. The van der Waals surface area contributed by atoms with Crippen LogP contribution in [0, 0.1) is 0 Å². The maximum absolute atomic E-state index is 11.8. The lowest BCUT2D eigenvalue weighted by atomic mass is 10.0. The van der Waals surface area contributed by atoms with Gasteiger partial charge < -0.3 is 24.8 Å². The van der Waals surface area contributed by atoms with E-state index in [0.29, 0.717) is 6.42 Å². The van der Waals surface area contributed by atoms with Crippen molar-refractivity contribution in [2.45, 2.75) is 98.2 Å². The van der Waals surface area contributed by atoms with E-state index in [1.54, 1.807) is 0 Å². The Bertz CT molecular complexity index is 670. The molecular weight excluding hydrogens is 432 g/mol. The summed E-state index contributed by atoms with van der Waals surface area (Å²) in [6, 6.07) is 0. The Balaban J connectivity index is 3.99. The van der Waals surface area contributed by atoms with Crippen LogP contribution in [-0.2, 0) is 14.3 Å². The molecule has 2 atom stereocenters. The standard InChI is InChI=1S/C28H48O6/c1-22(2)10-6-11-23(3)12-7-13-24(4)14-8-15-25(5)16-9-17-28(32)34-21-27(31)20-33-19-26(30)18-29/h10,12,14,16,26-27,29-31H,6-9,11,13,15,17-21H2,1-5H3/b23-12+,24-14+,25-16?. The third kappa shape index (κ3) is 20.8. The molecule has 6 heteroatoms. The van der Waals surface area contributed by atoms with E-state index < -0.39 is 18.8 Å². The first-order valence-electron chi connectivity index (χ1n) is 12.4. The van der Waals surface area contributed by atoms with E-state index in [0.717, 1.165) is 38.5 Å². The molecule has 0 heterocycles. The molecule has 0 saturated carbocycles. The number of esters is 1. The SMILES string of the molecule is CC(C)=CCC/C(C)=C/CC/C(C)=C/CCC(C)=CCCC(=O)OCC(O)COCC(O)CO. The van der Waals surface area contributed by atoms with Crippen molar-refractivity contribution in [2.24, 2.45) is 0 Å². The van der Waals surface area contributed by atoms with Gasteiger partial charge in [-0.15, -0.1) is 0 Å². The van der Waals surface area contributed by atoms with Gasteiger partial charge in [-0.2, -0.15) is 0 Å². The van der Waals surface area contributed by atoms with Crippen LogP contribution < -0.4 is 0 Å². The van der Waals surface area contributed by atoms with Crippen LogP contribution in [0.4, 0.5) is 0 Å². The van der Waals surface area contributed by atoms with Crippen molar-refractivity contribution in [2.75, 3.05) is 26.4 Å². The zero-order valence-electron chi connectivity index (χ0n) is 22.0. The van der Waals surface area contributed by atoms with Gasteiger partial charge >= 0.3 is 5.97 Å². The van der Waals surface area contributed by atoms with Crippen LogP contribution in [0.25, 0.3) is 0 Å². The molecule has 0 aromatic carbocycles. The van der Waals surface area contributed by atoms with E-state index in [1.165, 1.54) is 22.3 Å². The first kappa shape index (κ1) is 32.3. The minimum atomic E-state index is -0.974. The molecule has 0 aliphatic heterocycles. The normalized spacial score (nSPS) is 14.6. The summed E-state index contributed by atoms with van der Waals surface area (Å²) in [6.45, 7) is 10.1. The van der Waals surface area contributed by atoms with Gasteiger partial charge in [0, 0.05) is 6.42 Å². The second-order valence-electron chi connectivity index (χ2n) is 9.30. The number of aliphatic hydroxyl groups excluding tert-OH is 3. The summed E-state index contributed by atoms with van der Waals surface area (Å²) in [5.74, 6) is -0.363.